The van der Waals surface area contributed by atoms with Gasteiger partial charge in [0.2, 0.25) is 5.91 Å². The Morgan fingerprint density at radius 3 is 2.65 bits per heavy atom. The molecule has 1 N–H and O–H groups in total. The monoisotopic (exact) mass is 465 g/mol. The summed E-state index contributed by atoms with van der Waals surface area (Å²) in [5.74, 6) is 5.83. The fourth-order valence-corrected chi connectivity index (χ4v) is 4.15. The Labute approximate surface area is 201 Å². The SMILES string of the molecule is COC(=O)CSc1cc2c(cc1C#Cc1ccccc1)NC(=O)CC(c1cccc(C#N)c1)=N2. The van der Waals surface area contributed by atoms with Gasteiger partial charge >= 0.3 is 5.97 Å². The molecule has 0 atom stereocenters. The minimum Gasteiger partial charge on any atom is -0.468 e. The second-order valence-electron chi connectivity index (χ2n) is 7.32. The maximum atomic E-state index is 12.7. The maximum absolute atomic E-state index is 12.7. The molecule has 1 heterocycles. The van der Waals surface area contributed by atoms with Crippen molar-refractivity contribution in [3.8, 4) is 17.9 Å². The van der Waals surface area contributed by atoms with Crippen molar-refractivity contribution in [1.82, 2.24) is 0 Å². The number of nitrogens with zero attached hydrogens (tertiary/aromatic N) is 2. The van der Waals surface area contributed by atoms with Crippen LogP contribution in [0.1, 0.15) is 28.7 Å². The van der Waals surface area contributed by atoms with Crippen molar-refractivity contribution in [2.75, 3.05) is 18.2 Å². The minimum absolute atomic E-state index is 0.0687. The summed E-state index contributed by atoms with van der Waals surface area (Å²) < 4.78 is 4.78. The number of esters is 1. The zero-order valence-corrected chi connectivity index (χ0v) is 19.1. The summed E-state index contributed by atoms with van der Waals surface area (Å²) >= 11 is 1.30. The Balaban J connectivity index is 1.79. The number of methoxy groups -OCH3 is 1. The molecule has 0 unspecified atom stereocenters. The Kier molecular flexibility index (Phi) is 7.07. The summed E-state index contributed by atoms with van der Waals surface area (Å²) in [6, 6.07) is 22.3. The number of hydrogen-bond acceptors (Lipinski definition) is 6. The number of carbonyl (C=O) groups is 2. The summed E-state index contributed by atoms with van der Waals surface area (Å²) in [6.45, 7) is 0. The van der Waals surface area contributed by atoms with Crippen LogP contribution in [0.2, 0.25) is 0 Å². The average molecular weight is 466 g/mol. The molecule has 0 aromatic heterocycles. The fraction of sp³-hybridized carbons (Fsp3) is 0.111. The molecular weight excluding hydrogens is 446 g/mol. The first-order valence-electron chi connectivity index (χ1n) is 10.4. The number of benzene rings is 3. The van der Waals surface area contributed by atoms with E-state index in [9.17, 15) is 14.9 Å². The predicted octanol–water partition coefficient (Wildman–Crippen LogP) is 4.69. The minimum atomic E-state index is -0.354. The van der Waals surface area contributed by atoms with E-state index in [0.29, 0.717) is 33.8 Å². The van der Waals surface area contributed by atoms with Gasteiger partial charge in [-0.15, -0.1) is 11.8 Å². The van der Waals surface area contributed by atoms with Gasteiger partial charge in [-0.1, -0.05) is 42.2 Å². The van der Waals surface area contributed by atoms with E-state index in [1.165, 1.54) is 18.9 Å². The van der Waals surface area contributed by atoms with Gasteiger partial charge in [0.15, 0.2) is 0 Å². The van der Waals surface area contributed by atoms with Crippen LogP contribution in [0, 0.1) is 23.2 Å². The highest BCUT2D eigenvalue weighted by molar-refractivity contribution is 8.00. The molecule has 0 radical (unpaired) electrons. The molecule has 1 amide bonds. The number of thioether (sulfide) groups is 1. The largest absolute Gasteiger partial charge is 0.468 e. The van der Waals surface area contributed by atoms with E-state index >= 15 is 0 Å². The van der Waals surface area contributed by atoms with Gasteiger partial charge in [-0.3, -0.25) is 14.6 Å². The molecule has 7 heteroatoms. The molecule has 0 bridgehead atoms. The predicted molar refractivity (Wildman–Crippen MR) is 132 cm³/mol. The number of nitriles is 1. The van der Waals surface area contributed by atoms with E-state index < -0.39 is 0 Å². The van der Waals surface area contributed by atoms with Crippen LogP contribution in [0.15, 0.2) is 76.6 Å². The zero-order chi connectivity index (χ0) is 23.9. The number of hydrogen-bond donors (Lipinski definition) is 1. The quantitative estimate of drug-likeness (QED) is 0.343. The van der Waals surface area contributed by atoms with Crippen molar-refractivity contribution in [3.63, 3.8) is 0 Å². The van der Waals surface area contributed by atoms with E-state index in [1.54, 1.807) is 24.3 Å². The molecule has 4 rings (SSSR count). The van der Waals surface area contributed by atoms with Gasteiger partial charge in [0, 0.05) is 16.0 Å². The van der Waals surface area contributed by atoms with E-state index in [-0.39, 0.29) is 24.1 Å². The van der Waals surface area contributed by atoms with E-state index in [1.807, 2.05) is 42.5 Å². The molecule has 1 aliphatic rings. The smallest absolute Gasteiger partial charge is 0.315 e. The summed E-state index contributed by atoms with van der Waals surface area (Å²) in [6.07, 6.45) is 0.0687. The number of anilines is 1. The molecule has 0 fully saturated rings. The van der Waals surface area contributed by atoms with Gasteiger partial charge in [0.05, 0.1) is 48.0 Å². The number of carbonyl (C=O) groups excluding carboxylic acids is 2. The van der Waals surface area contributed by atoms with Gasteiger partial charge in [0.25, 0.3) is 0 Å². The number of aliphatic imine (C=N–C) groups is 1. The molecule has 0 saturated carbocycles. The molecule has 0 saturated heterocycles. The Morgan fingerprint density at radius 1 is 1.09 bits per heavy atom. The van der Waals surface area contributed by atoms with Crippen LogP contribution < -0.4 is 5.32 Å². The fourth-order valence-electron chi connectivity index (χ4n) is 3.30. The Bertz CT molecular complexity index is 1400. The van der Waals surface area contributed by atoms with Gasteiger partial charge < -0.3 is 10.1 Å². The van der Waals surface area contributed by atoms with Crippen LogP contribution in [0.3, 0.4) is 0 Å². The van der Waals surface area contributed by atoms with Gasteiger partial charge in [-0.25, -0.2) is 0 Å². The van der Waals surface area contributed by atoms with Gasteiger partial charge in [-0.2, -0.15) is 5.26 Å². The number of rotatable bonds is 4. The highest BCUT2D eigenvalue weighted by atomic mass is 32.2. The van der Waals surface area contributed by atoms with Crippen molar-refractivity contribution in [3.05, 3.63) is 89.0 Å². The van der Waals surface area contributed by atoms with Crippen molar-refractivity contribution in [1.29, 1.82) is 5.26 Å². The van der Waals surface area contributed by atoms with Crippen LogP contribution in [0.4, 0.5) is 11.4 Å². The van der Waals surface area contributed by atoms with Crippen molar-refractivity contribution >= 4 is 40.7 Å². The molecule has 34 heavy (non-hydrogen) atoms. The lowest BCUT2D eigenvalue weighted by Crippen LogP contribution is -2.15. The highest BCUT2D eigenvalue weighted by Gasteiger charge is 2.20. The van der Waals surface area contributed by atoms with Gasteiger partial charge in [-0.05, 0) is 42.0 Å². The Morgan fingerprint density at radius 2 is 1.88 bits per heavy atom. The second-order valence-corrected chi connectivity index (χ2v) is 8.34. The summed E-state index contributed by atoms with van der Waals surface area (Å²) in [5.41, 5.74) is 4.37. The average Bonchev–Trinajstić information content (AvgIpc) is 3.03. The van der Waals surface area contributed by atoms with Crippen LogP contribution in [-0.2, 0) is 14.3 Å². The lowest BCUT2D eigenvalue weighted by atomic mass is 10.0. The van der Waals surface area contributed by atoms with E-state index in [2.05, 4.69) is 23.2 Å². The van der Waals surface area contributed by atoms with Gasteiger partial charge in [0.1, 0.15) is 0 Å². The topological polar surface area (TPSA) is 91.5 Å². The standard InChI is InChI=1S/C27H19N3O3S/c1-33-27(32)17-34-25-14-24-23(13-21(25)11-10-18-6-3-2-4-7-18)30-26(31)15-22(29-24)20-9-5-8-19(12-20)16-28/h2-9,12-14H,15,17H2,1H3,(H,30,31). The maximum Gasteiger partial charge on any atom is 0.315 e. The highest BCUT2D eigenvalue weighted by Crippen LogP contribution is 2.36. The van der Waals surface area contributed by atoms with Crippen molar-refractivity contribution in [2.24, 2.45) is 4.99 Å². The normalized spacial score (nSPS) is 12.1. The molecule has 0 aliphatic carbocycles. The third kappa shape index (κ3) is 5.53. The molecule has 166 valence electrons. The summed E-state index contributed by atoms with van der Waals surface area (Å²) in [7, 11) is 1.34. The molecular formula is C27H19N3O3S. The first-order valence-corrected chi connectivity index (χ1v) is 11.4. The molecule has 6 nitrogen and oxygen atoms in total. The first-order chi connectivity index (χ1) is 16.6. The van der Waals surface area contributed by atoms with Crippen LogP contribution in [0.5, 0.6) is 0 Å². The number of amides is 1. The lowest BCUT2D eigenvalue weighted by Gasteiger charge is -2.10. The molecule has 0 spiro atoms. The number of nitrogens with one attached hydrogen (secondary N) is 1. The summed E-state index contributed by atoms with van der Waals surface area (Å²) in [4.78, 5) is 29.9. The van der Waals surface area contributed by atoms with Crippen molar-refractivity contribution < 1.29 is 14.3 Å². The van der Waals surface area contributed by atoms with Crippen molar-refractivity contribution in [2.45, 2.75) is 11.3 Å². The molecule has 3 aromatic carbocycles. The van der Waals surface area contributed by atoms with Crippen LogP contribution >= 0.6 is 11.8 Å². The zero-order valence-electron chi connectivity index (χ0n) is 18.3. The lowest BCUT2D eigenvalue weighted by molar-refractivity contribution is -0.137. The summed E-state index contributed by atoms with van der Waals surface area (Å²) in [5, 5.41) is 12.1. The van der Waals surface area contributed by atoms with E-state index in [0.717, 1.165) is 10.5 Å². The number of ether oxygens (including phenoxy) is 1. The third-order valence-electron chi connectivity index (χ3n) is 4.97. The van der Waals surface area contributed by atoms with Crippen LogP contribution in [0.25, 0.3) is 0 Å². The third-order valence-corrected chi connectivity index (χ3v) is 6.00. The van der Waals surface area contributed by atoms with Crippen LogP contribution in [-0.4, -0.2) is 30.5 Å². The second kappa shape index (κ2) is 10.5. The van der Waals surface area contributed by atoms with E-state index in [4.69, 9.17) is 9.73 Å². The molecule has 3 aromatic rings. The molecule has 1 aliphatic heterocycles. The number of fused-ring (bicyclic) bond motifs is 1. The first kappa shape index (κ1) is 22.8. The Hall–Kier alpha value is -4.33.